The SMILES string of the molecule is N=C(N)c1cccc(N2CC(COc3ccc(C(=O)N4CCCCC4)cc3)OC2=O)c1. The highest BCUT2D eigenvalue weighted by molar-refractivity contribution is 5.97. The summed E-state index contributed by atoms with van der Waals surface area (Å²) in [6.45, 7) is 2.17. The Labute approximate surface area is 181 Å². The van der Waals surface area contributed by atoms with Gasteiger partial charge in [-0.25, -0.2) is 4.79 Å². The quantitative estimate of drug-likeness (QED) is 0.549. The molecule has 4 rings (SSSR count). The number of likely N-dealkylation sites (tertiary alicyclic amines) is 1. The average molecular weight is 422 g/mol. The minimum atomic E-state index is -0.461. The normalized spacial score (nSPS) is 18.6. The highest BCUT2D eigenvalue weighted by atomic mass is 16.6. The lowest BCUT2D eigenvalue weighted by molar-refractivity contribution is 0.0724. The van der Waals surface area contributed by atoms with E-state index in [1.54, 1.807) is 48.5 Å². The van der Waals surface area contributed by atoms with Gasteiger partial charge in [-0.1, -0.05) is 12.1 Å². The van der Waals surface area contributed by atoms with Crippen molar-refractivity contribution in [2.75, 3.05) is 31.1 Å². The minimum absolute atomic E-state index is 0.0550. The van der Waals surface area contributed by atoms with Gasteiger partial charge in [0.05, 0.1) is 6.54 Å². The molecule has 31 heavy (non-hydrogen) atoms. The van der Waals surface area contributed by atoms with Crippen molar-refractivity contribution in [1.29, 1.82) is 5.41 Å². The number of benzene rings is 2. The summed E-state index contributed by atoms with van der Waals surface area (Å²) < 4.78 is 11.2. The van der Waals surface area contributed by atoms with Crippen LogP contribution in [-0.2, 0) is 4.74 Å². The fraction of sp³-hybridized carbons (Fsp3) is 0.348. The molecule has 2 aromatic rings. The molecule has 0 aromatic heterocycles. The molecule has 2 aromatic carbocycles. The smallest absolute Gasteiger partial charge is 0.414 e. The number of hydrogen-bond acceptors (Lipinski definition) is 5. The van der Waals surface area contributed by atoms with Gasteiger partial charge in [0.2, 0.25) is 0 Å². The zero-order valence-corrected chi connectivity index (χ0v) is 17.3. The van der Waals surface area contributed by atoms with Crippen molar-refractivity contribution >= 4 is 23.5 Å². The number of amides is 2. The maximum atomic E-state index is 12.6. The molecule has 2 heterocycles. The van der Waals surface area contributed by atoms with E-state index in [0.717, 1.165) is 25.9 Å². The summed E-state index contributed by atoms with van der Waals surface area (Å²) in [6, 6.07) is 14.0. The molecule has 1 atom stereocenters. The molecule has 1 unspecified atom stereocenters. The molecule has 0 saturated carbocycles. The number of piperidine rings is 1. The molecule has 8 heteroatoms. The zero-order chi connectivity index (χ0) is 21.8. The number of anilines is 1. The van der Waals surface area contributed by atoms with Crippen LogP contribution in [0.4, 0.5) is 10.5 Å². The van der Waals surface area contributed by atoms with Crippen LogP contribution in [0.15, 0.2) is 48.5 Å². The van der Waals surface area contributed by atoms with Gasteiger partial charge in [0.1, 0.15) is 18.2 Å². The number of carbonyl (C=O) groups excluding carboxylic acids is 2. The first kappa shape index (κ1) is 20.7. The Morgan fingerprint density at radius 1 is 1.10 bits per heavy atom. The zero-order valence-electron chi connectivity index (χ0n) is 17.3. The van der Waals surface area contributed by atoms with E-state index >= 15 is 0 Å². The first-order valence-corrected chi connectivity index (χ1v) is 10.5. The molecule has 2 amide bonds. The average Bonchev–Trinajstić information content (AvgIpc) is 3.18. The van der Waals surface area contributed by atoms with Crippen LogP contribution in [0, 0.1) is 5.41 Å². The van der Waals surface area contributed by atoms with E-state index in [-0.39, 0.29) is 18.3 Å². The topological polar surface area (TPSA) is 109 Å². The first-order valence-electron chi connectivity index (χ1n) is 10.5. The molecule has 3 N–H and O–H groups in total. The van der Waals surface area contributed by atoms with Gasteiger partial charge in [-0.2, -0.15) is 0 Å². The Hall–Kier alpha value is -3.55. The van der Waals surface area contributed by atoms with Gasteiger partial charge in [-0.05, 0) is 55.7 Å². The fourth-order valence-corrected chi connectivity index (χ4v) is 3.82. The Kier molecular flexibility index (Phi) is 6.06. The molecule has 0 spiro atoms. The van der Waals surface area contributed by atoms with E-state index in [1.165, 1.54) is 11.3 Å². The van der Waals surface area contributed by atoms with Crippen LogP contribution < -0.4 is 15.4 Å². The lowest BCUT2D eigenvalue weighted by Gasteiger charge is -2.26. The first-order chi connectivity index (χ1) is 15.0. The van der Waals surface area contributed by atoms with Crippen molar-refractivity contribution in [2.45, 2.75) is 25.4 Å². The highest BCUT2D eigenvalue weighted by Gasteiger charge is 2.33. The third-order valence-electron chi connectivity index (χ3n) is 5.52. The van der Waals surface area contributed by atoms with E-state index in [9.17, 15) is 9.59 Å². The van der Waals surface area contributed by atoms with Gasteiger partial charge in [0.15, 0.2) is 6.10 Å². The van der Waals surface area contributed by atoms with E-state index in [2.05, 4.69) is 0 Å². The maximum Gasteiger partial charge on any atom is 0.414 e. The second kappa shape index (κ2) is 9.07. The summed E-state index contributed by atoms with van der Waals surface area (Å²) in [5.74, 6) is 0.610. The fourth-order valence-electron chi connectivity index (χ4n) is 3.82. The van der Waals surface area contributed by atoms with Crippen LogP contribution >= 0.6 is 0 Å². The monoisotopic (exact) mass is 422 g/mol. The maximum absolute atomic E-state index is 12.6. The van der Waals surface area contributed by atoms with Gasteiger partial charge in [-0.3, -0.25) is 15.1 Å². The lowest BCUT2D eigenvalue weighted by Crippen LogP contribution is -2.35. The lowest BCUT2D eigenvalue weighted by atomic mass is 10.1. The van der Waals surface area contributed by atoms with Crippen molar-refractivity contribution in [3.05, 3.63) is 59.7 Å². The molecular formula is C23H26N4O4. The van der Waals surface area contributed by atoms with Crippen molar-refractivity contribution in [3.63, 3.8) is 0 Å². The summed E-state index contributed by atoms with van der Waals surface area (Å²) in [4.78, 5) is 28.2. The molecule has 2 saturated heterocycles. The van der Waals surface area contributed by atoms with Crippen molar-refractivity contribution in [2.24, 2.45) is 5.73 Å². The van der Waals surface area contributed by atoms with Crippen molar-refractivity contribution in [3.8, 4) is 5.75 Å². The number of nitrogens with zero attached hydrogens (tertiary/aromatic N) is 2. The molecule has 0 radical (unpaired) electrons. The Morgan fingerprint density at radius 3 is 2.55 bits per heavy atom. The summed E-state index contributed by atoms with van der Waals surface area (Å²) in [5, 5.41) is 7.55. The van der Waals surface area contributed by atoms with Crippen LogP contribution in [0.1, 0.15) is 35.2 Å². The summed E-state index contributed by atoms with van der Waals surface area (Å²) in [7, 11) is 0. The molecule has 0 aliphatic carbocycles. The van der Waals surface area contributed by atoms with Gasteiger partial charge in [-0.15, -0.1) is 0 Å². The van der Waals surface area contributed by atoms with Crippen molar-refractivity contribution in [1.82, 2.24) is 4.90 Å². The van der Waals surface area contributed by atoms with E-state index < -0.39 is 12.2 Å². The number of nitrogens with one attached hydrogen (secondary N) is 1. The highest BCUT2D eigenvalue weighted by Crippen LogP contribution is 2.24. The standard InChI is InChI=1S/C23H26N4O4/c24-21(25)17-5-4-6-18(13-17)27-14-20(31-23(27)29)15-30-19-9-7-16(8-10-19)22(28)26-11-2-1-3-12-26/h4-10,13,20H,1-3,11-12,14-15H2,(H3,24,25). The predicted molar refractivity (Wildman–Crippen MR) is 117 cm³/mol. The Bertz CT molecular complexity index is 970. The van der Waals surface area contributed by atoms with E-state index in [4.69, 9.17) is 20.6 Å². The molecule has 162 valence electrons. The molecule has 2 aliphatic heterocycles. The number of hydrogen-bond donors (Lipinski definition) is 2. The van der Waals surface area contributed by atoms with Gasteiger partial charge in [0, 0.05) is 29.9 Å². The number of nitrogens with two attached hydrogens (primary N) is 1. The van der Waals surface area contributed by atoms with Crippen LogP contribution in [0.5, 0.6) is 5.75 Å². The third kappa shape index (κ3) is 4.79. The molecule has 8 nitrogen and oxygen atoms in total. The molecule has 2 fully saturated rings. The molecule has 0 bridgehead atoms. The predicted octanol–water partition coefficient (Wildman–Crippen LogP) is 3.00. The van der Waals surface area contributed by atoms with E-state index in [1.807, 2.05) is 4.90 Å². The van der Waals surface area contributed by atoms with E-state index in [0.29, 0.717) is 29.1 Å². The second-order valence-corrected chi connectivity index (χ2v) is 7.77. The molecular weight excluding hydrogens is 396 g/mol. The number of amidine groups is 1. The van der Waals surface area contributed by atoms with Crippen molar-refractivity contribution < 1.29 is 19.1 Å². The van der Waals surface area contributed by atoms with Crippen LogP contribution in [0.2, 0.25) is 0 Å². The number of ether oxygens (including phenoxy) is 2. The summed E-state index contributed by atoms with van der Waals surface area (Å²) in [5.41, 5.74) is 7.35. The summed E-state index contributed by atoms with van der Waals surface area (Å²) >= 11 is 0. The number of rotatable bonds is 6. The van der Waals surface area contributed by atoms with Crippen LogP contribution in [-0.4, -0.2) is 55.1 Å². The minimum Gasteiger partial charge on any atom is -0.490 e. The van der Waals surface area contributed by atoms with Crippen LogP contribution in [0.25, 0.3) is 0 Å². The van der Waals surface area contributed by atoms with Gasteiger partial charge in [0.25, 0.3) is 5.91 Å². The Balaban J connectivity index is 1.32. The largest absolute Gasteiger partial charge is 0.490 e. The molecule has 2 aliphatic rings. The third-order valence-corrected chi connectivity index (χ3v) is 5.52. The van der Waals surface area contributed by atoms with Gasteiger partial charge < -0.3 is 20.1 Å². The Morgan fingerprint density at radius 2 is 1.84 bits per heavy atom. The number of nitrogen functional groups attached to an aromatic ring is 1. The number of carbonyl (C=O) groups is 2. The van der Waals surface area contributed by atoms with Gasteiger partial charge >= 0.3 is 6.09 Å². The number of cyclic esters (lactones) is 1. The second-order valence-electron chi connectivity index (χ2n) is 7.77. The van der Waals surface area contributed by atoms with Crippen LogP contribution in [0.3, 0.4) is 0 Å². The summed E-state index contributed by atoms with van der Waals surface area (Å²) in [6.07, 6.45) is 2.41.